The van der Waals surface area contributed by atoms with Crippen molar-refractivity contribution in [1.82, 2.24) is 0 Å². The lowest BCUT2D eigenvalue weighted by molar-refractivity contribution is 0.212. The molecule has 156 valence electrons. The normalized spacial score (nSPS) is 12.0. The highest BCUT2D eigenvalue weighted by molar-refractivity contribution is 5.70. The van der Waals surface area contributed by atoms with Crippen LogP contribution in [0, 0.1) is 0 Å². The highest BCUT2D eigenvalue weighted by Gasteiger charge is 2.15. The van der Waals surface area contributed by atoms with E-state index in [0.717, 1.165) is 25.0 Å². The Labute approximate surface area is 181 Å². The van der Waals surface area contributed by atoms with Gasteiger partial charge in [-0.1, -0.05) is 98.8 Å². The van der Waals surface area contributed by atoms with E-state index in [2.05, 4.69) is 98.8 Å². The van der Waals surface area contributed by atoms with Gasteiger partial charge >= 0.3 is 0 Å². The van der Waals surface area contributed by atoms with Gasteiger partial charge < -0.3 is 10.5 Å². The van der Waals surface area contributed by atoms with E-state index in [1.807, 2.05) is 0 Å². The van der Waals surface area contributed by atoms with Crippen LogP contribution in [0.3, 0.4) is 0 Å². The van der Waals surface area contributed by atoms with Crippen LogP contribution in [0.15, 0.2) is 90.7 Å². The Hall–Kier alpha value is -2.84. The van der Waals surface area contributed by atoms with E-state index in [0.29, 0.717) is 19.1 Å². The Kier molecular flexibility index (Phi) is 8.29. The summed E-state index contributed by atoms with van der Waals surface area (Å²) in [6.07, 6.45) is 2.66. The molecule has 2 nitrogen and oxygen atoms in total. The van der Waals surface area contributed by atoms with Gasteiger partial charge in [0.1, 0.15) is 5.76 Å². The van der Waals surface area contributed by atoms with Crippen molar-refractivity contribution < 1.29 is 4.74 Å². The quantitative estimate of drug-likeness (QED) is 0.402. The maximum Gasteiger partial charge on any atom is 0.100 e. The summed E-state index contributed by atoms with van der Waals surface area (Å²) in [5.41, 5.74) is 12.3. The van der Waals surface area contributed by atoms with Gasteiger partial charge in [0.15, 0.2) is 0 Å². The molecule has 0 aliphatic rings. The fourth-order valence-corrected chi connectivity index (χ4v) is 3.84. The molecule has 0 aromatic heterocycles. The molecule has 0 saturated carbocycles. The SMILES string of the molecule is CC(C)c1ccccc1CC(=C(CCc1ccccc1)OCCN)c1ccccc1. The van der Waals surface area contributed by atoms with Crippen LogP contribution < -0.4 is 5.73 Å². The van der Waals surface area contributed by atoms with E-state index in [-0.39, 0.29) is 0 Å². The lowest BCUT2D eigenvalue weighted by Crippen LogP contribution is -2.11. The van der Waals surface area contributed by atoms with Crippen molar-refractivity contribution in [2.45, 2.75) is 39.0 Å². The summed E-state index contributed by atoms with van der Waals surface area (Å²) >= 11 is 0. The van der Waals surface area contributed by atoms with Gasteiger partial charge in [-0.15, -0.1) is 0 Å². The van der Waals surface area contributed by atoms with E-state index in [4.69, 9.17) is 10.5 Å². The lowest BCUT2D eigenvalue weighted by atomic mass is 9.89. The Morgan fingerprint density at radius 3 is 2.13 bits per heavy atom. The molecular weight excluding hydrogens is 366 g/mol. The van der Waals surface area contributed by atoms with Crippen LogP contribution in [-0.4, -0.2) is 13.2 Å². The summed E-state index contributed by atoms with van der Waals surface area (Å²) in [7, 11) is 0. The molecule has 0 radical (unpaired) electrons. The molecule has 0 saturated heterocycles. The summed E-state index contributed by atoms with van der Waals surface area (Å²) in [4.78, 5) is 0. The number of nitrogens with two attached hydrogens (primary N) is 1. The van der Waals surface area contributed by atoms with Crippen LogP contribution in [-0.2, 0) is 17.6 Å². The van der Waals surface area contributed by atoms with Gasteiger partial charge in [-0.05, 0) is 34.6 Å². The second kappa shape index (κ2) is 11.4. The zero-order chi connectivity index (χ0) is 21.2. The van der Waals surface area contributed by atoms with Crippen LogP contribution in [0.5, 0.6) is 0 Å². The van der Waals surface area contributed by atoms with Gasteiger partial charge in [-0.2, -0.15) is 0 Å². The molecule has 3 aromatic carbocycles. The molecule has 2 N–H and O–H groups in total. The number of rotatable bonds is 10. The summed E-state index contributed by atoms with van der Waals surface area (Å²) in [5, 5.41) is 0. The molecule has 0 heterocycles. The number of hydrogen-bond donors (Lipinski definition) is 1. The van der Waals surface area contributed by atoms with E-state index in [1.165, 1.54) is 27.8 Å². The smallest absolute Gasteiger partial charge is 0.100 e. The first kappa shape index (κ1) is 21.9. The van der Waals surface area contributed by atoms with Gasteiger partial charge in [0.25, 0.3) is 0 Å². The van der Waals surface area contributed by atoms with E-state index >= 15 is 0 Å². The monoisotopic (exact) mass is 399 g/mol. The molecule has 0 bridgehead atoms. The molecule has 0 spiro atoms. The van der Waals surface area contributed by atoms with Crippen LogP contribution in [0.25, 0.3) is 5.57 Å². The highest BCUT2D eigenvalue weighted by Crippen LogP contribution is 2.30. The second-order valence-corrected chi connectivity index (χ2v) is 7.92. The topological polar surface area (TPSA) is 35.2 Å². The Balaban J connectivity index is 2.00. The van der Waals surface area contributed by atoms with Crippen LogP contribution in [0.1, 0.15) is 48.4 Å². The average Bonchev–Trinajstić information content (AvgIpc) is 2.79. The molecule has 30 heavy (non-hydrogen) atoms. The predicted octanol–water partition coefficient (Wildman–Crippen LogP) is 6.37. The first-order chi connectivity index (χ1) is 14.7. The van der Waals surface area contributed by atoms with Gasteiger partial charge in [-0.25, -0.2) is 0 Å². The minimum atomic E-state index is 0.482. The minimum absolute atomic E-state index is 0.482. The lowest BCUT2D eigenvalue weighted by Gasteiger charge is -2.20. The molecule has 0 fully saturated rings. The van der Waals surface area contributed by atoms with E-state index < -0.39 is 0 Å². The summed E-state index contributed by atoms with van der Waals surface area (Å²) < 4.78 is 6.26. The molecule has 2 heteroatoms. The van der Waals surface area contributed by atoms with Crippen molar-refractivity contribution in [2.24, 2.45) is 5.73 Å². The maximum absolute atomic E-state index is 6.26. The number of ether oxygens (including phenoxy) is 1. The number of hydrogen-bond acceptors (Lipinski definition) is 2. The van der Waals surface area contributed by atoms with Crippen molar-refractivity contribution in [3.63, 3.8) is 0 Å². The second-order valence-electron chi connectivity index (χ2n) is 7.92. The maximum atomic E-state index is 6.26. The van der Waals surface area contributed by atoms with Crippen LogP contribution in [0.2, 0.25) is 0 Å². The fourth-order valence-electron chi connectivity index (χ4n) is 3.84. The fraction of sp³-hybridized carbons (Fsp3) is 0.286. The van der Waals surface area contributed by atoms with Gasteiger partial charge in [0.2, 0.25) is 0 Å². The largest absolute Gasteiger partial charge is 0.496 e. The third-order valence-corrected chi connectivity index (χ3v) is 5.38. The molecule has 0 atom stereocenters. The third-order valence-electron chi connectivity index (χ3n) is 5.38. The average molecular weight is 400 g/mol. The Morgan fingerprint density at radius 2 is 1.47 bits per heavy atom. The first-order valence-corrected chi connectivity index (χ1v) is 10.9. The molecule has 0 aliphatic heterocycles. The minimum Gasteiger partial charge on any atom is -0.496 e. The van der Waals surface area contributed by atoms with Crippen LogP contribution in [0.4, 0.5) is 0 Å². The highest BCUT2D eigenvalue weighted by atomic mass is 16.5. The molecule has 0 unspecified atom stereocenters. The number of benzene rings is 3. The third kappa shape index (κ3) is 6.08. The first-order valence-electron chi connectivity index (χ1n) is 10.9. The van der Waals surface area contributed by atoms with Crippen LogP contribution >= 0.6 is 0 Å². The summed E-state index contributed by atoms with van der Waals surface area (Å²) in [5.74, 6) is 1.53. The van der Waals surface area contributed by atoms with Gasteiger partial charge in [0, 0.05) is 25.0 Å². The van der Waals surface area contributed by atoms with Crippen molar-refractivity contribution in [3.05, 3.63) is 113 Å². The van der Waals surface area contributed by atoms with Crippen molar-refractivity contribution in [1.29, 1.82) is 0 Å². The summed E-state index contributed by atoms with van der Waals surface area (Å²) in [6, 6.07) is 30.0. The number of allylic oxidation sites excluding steroid dienone is 2. The van der Waals surface area contributed by atoms with Crippen molar-refractivity contribution >= 4 is 5.57 Å². The zero-order valence-corrected chi connectivity index (χ0v) is 18.2. The zero-order valence-electron chi connectivity index (χ0n) is 18.2. The molecule has 3 rings (SSSR count). The molecule has 0 aliphatic carbocycles. The summed E-state index contributed by atoms with van der Waals surface area (Å²) in [6.45, 7) is 5.56. The van der Waals surface area contributed by atoms with E-state index in [9.17, 15) is 0 Å². The van der Waals surface area contributed by atoms with E-state index in [1.54, 1.807) is 0 Å². The molecule has 3 aromatic rings. The predicted molar refractivity (Wildman–Crippen MR) is 127 cm³/mol. The number of aryl methyl sites for hydroxylation is 1. The van der Waals surface area contributed by atoms with Crippen molar-refractivity contribution in [3.8, 4) is 0 Å². The molecule has 0 amide bonds. The Bertz CT molecular complexity index is 929. The van der Waals surface area contributed by atoms with Crippen molar-refractivity contribution in [2.75, 3.05) is 13.2 Å². The van der Waals surface area contributed by atoms with Gasteiger partial charge in [-0.3, -0.25) is 0 Å². The standard InChI is InChI=1S/C28H33NO/c1-22(2)26-16-10-9-15-25(26)21-27(24-13-7-4-8-14-24)28(30-20-19-29)18-17-23-11-5-3-6-12-23/h3-16,22H,17-21,29H2,1-2H3. The molecular formula is C28H33NO. The Morgan fingerprint density at radius 1 is 0.833 bits per heavy atom. The van der Waals surface area contributed by atoms with Gasteiger partial charge in [0.05, 0.1) is 6.61 Å².